The van der Waals surface area contributed by atoms with Crippen LogP contribution in [0.15, 0.2) is 77.7 Å². The van der Waals surface area contributed by atoms with E-state index in [1.165, 1.54) is 18.7 Å². The predicted octanol–water partition coefficient (Wildman–Crippen LogP) is 4.53. The number of amides is 1. The number of nitrogens with one attached hydrogen (secondary N) is 1. The lowest BCUT2D eigenvalue weighted by Crippen LogP contribution is -2.18. The molecule has 10 nitrogen and oxygen atoms in total. The second-order valence-electron chi connectivity index (χ2n) is 8.29. The summed E-state index contributed by atoms with van der Waals surface area (Å²) in [5.74, 6) is -0.718. The van der Waals surface area contributed by atoms with Gasteiger partial charge in [0.25, 0.3) is 0 Å². The van der Waals surface area contributed by atoms with Crippen molar-refractivity contribution in [1.29, 1.82) is 0 Å². The second kappa shape index (κ2) is 8.66. The first kappa shape index (κ1) is 21.5. The molecule has 0 bridgehead atoms. The molecule has 0 atom stereocenters. The van der Waals surface area contributed by atoms with Gasteiger partial charge < -0.3 is 18.8 Å². The highest BCUT2D eigenvalue weighted by molar-refractivity contribution is 5.93. The number of imidazole rings is 1. The third-order valence-corrected chi connectivity index (χ3v) is 6.16. The van der Waals surface area contributed by atoms with Crippen LogP contribution in [0.3, 0.4) is 0 Å². The Hall–Kier alpha value is -4.99. The normalized spacial score (nSPS) is 12.3. The fraction of sp³-hybridized carbons (Fsp3) is 0.115. The standard InChI is InChI=1S/C26H19N5O5/c32-25(33)21-10-9-15(36-21)11-31-14-29-22-23(27-13-28-24(22)31)30-26(34)35-12-20-18-7-3-1-5-16(18)17-6-2-4-8-19(17)20/h1-10,13-14,20H,11-12H2,(H,32,33)(H,27,28,30,34). The number of benzene rings is 2. The van der Waals surface area contributed by atoms with Crippen LogP contribution in [0.25, 0.3) is 22.3 Å². The fourth-order valence-corrected chi connectivity index (χ4v) is 4.56. The molecule has 0 spiro atoms. The Balaban J connectivity index is 1.18. The molecule has 0 saturated carbocycles. The molecule has 3 aromatic heterocycles. The van der Waals surface area contributed by atoms with Crippen molar-refractivity contribution in [3.63, 3.8) is 0 Å². The van der Waals surface area contributed by atoms with Gasteiger partial charge in [0.15, 0.2) is 17.0 Å². The van der Waals surface area contributed by atoms with Gasteiger partial charge in [0.05, 0.1) is 12.9 Å². The largest absolute Gasteiger partial charge is 0.475 e. The summed E-state index contributed by atoms with van der Waals surface area (Å²) >= 11 is 0. The van der Waals surface area contributed by atoms with E-state index in [0.717, 1.165) is 22.3 Å². The third kappa shape index (κ3) is 3.74. The minimum absolute atomic E-state index is 0.0586. The molecule has 3 heterocycles. The lowest BCUT2D eigenvalue weighted by molar-refractivity contribution is 0.0660. The van der Waals surface area contributed by atoms with Crippen molar-refractivity contribution < 1.29 is 23.8 Å². The summed E-state index contributed by atoms with van der Waals surface area (Å²) in [6.45, 7) is 0.387. The number of rotatable bonds is 6. The molecule has 1 aliphatic carbocycles. The average Bonchev–Trinajstić information content (AvgIpc) is 3.60. The van der Waals surface area contributed by atoms with Crippen LogP contribution in [0.2, 0.25) is 0 Å². The van der Waals surface area contributed by atoms with Crippen molar-refractivity contribution in [3.8, 4) is 11.1 Å². The quantitative estimate of drug-likeness (QED) is 0.362. The number of hydrogen-bond donors (Lipinski definition) is 2. The number of nitrogens with zero attached hydrogens (tertiary/aromatic N) is 4. The molecular weight excluding hydrogens is 462 g/mol. The van der Waals surface area contributed by atoms with Crippen molar-refractivity contribution in [3.05, 3.63) is 96.0 Å². The van der Waals surface area contributed by atoms with E-state index in [4.69, 9.17) is 14.3 Å². The minimum atomic E-state index is -1.14. The smallest absolute Gasteiger partial charge is 0.412 e. The summed E-state index contributed by atoms with van der Waals surface area (Å²) in [4.78, 5) is 36.5. The minimum Gasteiger partial charge on any atom is -0.475 e. The van der Waals surface area contributed by atoms with E-state index in [-0.39, 0.29) is 30.6 Å². The Morgan fingerprint density at radius 2 is 1.69 bits per heavy atom. The van der Waals surface area contributed by atoms with E-state index in [2.05, 4.69) is 44.5 Å². The number of furan rings is 1. The molecule has 0 fully saturated rings. The third-order valence-electron chi connectivity index (χ3n) is 6.16. The summed E-state index contributed by atoms with van der Waals surface area (Å²) < 4.78 is 12.6. The van der Waals surface area contributed by atoms with Gasteiger partial charge in [-0.25, -0.2) is 24.5 Å². The van der Waals surface area contributed by atoms with Gasteiger partial charge in [-0.05, 0) is 34.4 Å². The van der Waals surface area contributed by atoms with E-state index in [9.17, 15) is 9.59 Å². The number of carboxylic acid groups (broad SMARTS) is 1. The van der Waals surface area contributed by atoms with Gasteiger partial charge in [0, 0.05) is 5.92 Å². The molecule has 5 aromatic rings. The van der Waals surface area contributed by atoms with E-state index in [1.54, 1.807) is 10.6 Å². The molecule has 10 heteroatoms. The molecule has 0 radical (unpaired) electrons. The molecule has 36 heavy (non-hydrogen) atoms. The number of carboxylic acids is 1. The Labute approximate surface area is 204 Å². The van der Waals surface area contributed by atoms with Crippen LogP contribution in [0, 0.1) is 0 Å². The van der Waals surface area contributed by atoms with Crippen LogP contribution in [0.1, 0.15) is 33.4 Å². The molecule has 0 unspecified atom stereocenters. The van der Waals surface area contributed by atoms with Crippen LogP contribution in [0.5, 0.6) is 0 Å². The molecule has 2 aromatic carbocycles. The van der Waals surface area contributed by atoms with Crippen LogP contribution >= 0.6 is 0 Å². The zero-order valence-electron chi connectivity index (χ0n) is 18.8. The fourth-order valence-electron chi connectivity index (χ4n) is 4.56. The van der Waals surface area contributed by atoms with Crippen molar-refractivity contribution in [1.82, 2.24) is 19.5 Å². The summed E-state index contributed by atoms with van der Waals surface area (Å²) in [6.07, 6.45) is 2.18. The Kier molecular flexibility index (Phi) is 5.18. The number of carbonyl (C=O) groups is 2. The van der Waals surface area contributed by atoms with Gasteiger partial charge in [-0.3, -0.25) is 5.32 Å². The topological polar surface area (TPSA) is 132 Å². The molecule has 0 saturated heterocycles. The number of aromatic carboxylic acids is 1. The lowest BCUT2D eigenvalue weighted by Gasteiger charge is -2.14. The van der Waals surface area contributed by atoms with E-state index in [1.807, 2.05) is 24.3 Å². The first-order chi connectivity index (χ1) is 17.6. The summed E-state index contributed by atoms with van der Waals surface area (Å²) in [7, 11) is 0. The molecule has 1 amide bonds. The van der Waals surface area contributed by atoms with Crippen LogP contribution < -0.4 is 5.32 Å². The SMILES string of the molecule is O=C(Nc1ncnc2c1ncn2Cc1ccc(C(=O)O)o1)OCC1c2ccccc2-c2ccccc21. The highest BCUT2D eigenvalue weighted by Gasteiger charge is 2.29. The molecular formula is C26H19N5O5. The molecule has 178 valence electrons. The highest BCUT2D eigenvalue weighted by atomic mass is 16.5. The highest BCUT2D eigenvalue weighted by Crippen LogP contribution is 2.44. The van der Waals surface area contributed by atoms with Crippen molar-refractivity contribution >= 4 is 29.0 Å². The van der Waals surface area contributed by atoms with Gasteiger partial charge >= 0.3 is 12.1 Å². The number of hydrogen-bond acceptors (Lipinski definition) is 7. The first-order valence-corrected chi connectivity index (χ1v) is 11.2. The number of fused-ring (bicyclic) bond motifs is 4. The lowest BCUT2D eigenvalue weighted by atomic mass is 9.98. The summed E-state index contributed by atoms with van der Waals surface area (Å²) in [5, 5.41) is 11.7. The number of carbonyl (C=O) groups excluding carboxylic acids is 1. The zero-order valence-corrected chi connectivity index (χ0v) is 18.8. The monoisotopic (exact) mass is 481 g/mol. The average molecular weight is 481 g/mol. The van der Waals surface area contributed by atoms with Crippen molar-refractivity contribution in [2.45, 2.75) is 12.5 Å². The zero-order chi connectivity index (χ0) is 24.6. The Morgan fingerprint density at radius 1 is 0.972 bits per heavy atom. The van der Waals surface area contributed by atoms with Crippen LogP contribution in [-0.2, 0) is 11.3 Å². The summed E-state index contributed by atoms with van der Waals surface area (Å²) in [6, 6.07) is 19.2. The van der Waals surface area contributed by atoms with E-state index >= 15 is 0 Å². The molecule has 6 rings (SSSR count). The van der Waals surface area contributed by atoms with E-state index < -0.39 is 12.1 Å². The summed E-state index contributed by atoms with van der Waals surface area (Å²) in [5.41, 5.74) is 5.37. The predicted molar refractivity (Wildman–Crippen MR) is 129 cm³/mol. The van der Waals surface area contributed by atoms with Gasteiger partial charge in [-0.1, -0.05) is 48.5 Å². The second-order valence-corrected chi connectivity index (χ2v) is 8.29. The van der Waals surface area contributed by atoms with Crippen molar-refractivity contribution in [2.75, 3.05) is 11.9 Å². The molecule has 0 aliphatic heterocycles. The maximum Gasteiger partial charge on any atom is 0.412 e. The maximum atomic E-state index is 12.7. The van der Waals surface area contributed by atoms with Gasteiger partial charge in [0.1, 0.15) is 18.7 Å². The van der Waals surface area contributed by atoms with Gasteiger partial charge in [-0.2, -0.15) is 0 Å². The number of aromatic nitrogens is 4. The van der Waals surface area contributed by atoms with E-state index in [0.29, 0.717) is 16.9 Å². The first-order valence-electron chi connectivity index (χ1n) is 11.2. The molecule has 1 aliphatic rings. The number of anilines is 1. The van der Waals surface area contributed by atoms with Gasteiger partial charge in [-0.15, -0.1) is 0 Å². The van der Waals surface area contributed by atoms with Crippen molar-refractivity contribution in [2.24, 2.45) is 0 Å². The van der Waals surface area contributed by atoms with Crippen LogP contribution in [-0.4, -0.2) is 43.3 Å². The molecule has 2 N–H and O–H groups in total. The van der Waals surface area contributed by atoms with Gasteiger partial charge in [0.2, 0.25) is 5.76 Å². The number of ether oxygens (including phenoxy) is 1. The Bertz CT molecular complexity index is 1580. The Morgan fingerprint density at radius 3 is 2.39 bits per heavy atom. The van der Waals surface area contributed by atoms with Crippen LogP contribution in [0.4, 0.5) is 10.6 Å². The maximum absolute atomic E-state index is 12.7.